The van der Waals surface area contributed by atoms with Gasteiger partial charge in [0.05, 0.1) is 31.9 Å². The molecule has 0 aromatic heterocycles. The Kier molecular flexibility index (Phi) is 8.44. The molecule has 0 radical (unpaired) electrons. The summed E-state index contributed by atoms with van der Waals surface area (Å²) in [6.45, 7) is 2.68. The molecule has 2 atom stereocenters. The molecular weight excluding hydrogens is 440 g/mol. The average Bonchev–Trinajstić information content (AvgIpc) is 2.78. The minimum atomic E-state index is -3.99. The summed E-state index contributed by atoms with van der Waals surface area (Å²) in [5, 5.41) is 2.59. The quantitative estimate of drug-likeness (QED) is 0.509. The van der Waals surface area contributed by atoms with Crippen LogP contribution in [0.3, 0.4) is 0 Å². The summed E-state index contributed by atoms with van der Waals surface area (Å²) in [5.41, 5.74) is 0.327. The number of sulfonamides is 1. The van der Waals surface area contributed by atoms with Crippen LogP contribution in [-0.2, 0) is 24.3 Å². The number of hydrogen-bond acceptors (Lipinski definition) is 8. The summed E-state index contributed by atoms with van der Waals surface area (Å²) in [7, 11) is 0.392. The van der Waals surface area contributed by atoms with Gasteiger partial charge in [0.2, 0.25) is 10.0 Å². The van der Waals surface area contributed by atoms with Crippen molar-refractivity contribution in [1.82, 2.24) is 4.72 Å². The monoisotopic (exact) mass is 466 g/mol. The molecule has 174 valence electrons. The molecule has 2 N–H and O–H groups in total. The second-order valence-electron chi connectivity index (χ2n) is 6.65. The Bertz CT molecular complexity index is 1050. The van der Waals surface area contributed by atoms with Crippen LogP contribution in [0.1, 0.15) is 13.8 Å². The molecule has 2 unspecified atom stereocenters. The van der Waals surface area contributed by atoms with E-state index in [1.807, 2.05) is 0 Å². The number of carbonyl (C=O) groups is 2. The van der Waals surface area contributed by atoms with Crippen molar-refractivity contribution in [1.29, 1.82) is 0 Å². The van der Waals surface area contributed by atoms with Crippen LogP contribution in [0.4, 0.5) is 5.69 Å². The summed E-state index contributed by atoms with van der Waals surface area (Å²) in [5.74, 6) is -0.174. The highest BCUT2D eigenvalue weighted by Gasteiger charge is 2.27. The van der Waals surface area contributed by atoms with E-state index in [1.54, 1.807) is 18.2 Å². The summed E-state index contributed by atoms with van der Waals surface area (Å²) < 4.78 is 47.6. The van der Waals surface area contributed by atoms with Crippen molar-refractivity contribution in [2.24, 2.45) is 0 Å². The summed E-state index contributed by atoms with van der Waals surface area (Å²) in [4.78, 5) is 24.8. The zero-order valence-corrected chi connectivity index (χ0v) is 19.2. The van der Waals surface area contributed by atoms with Crippen molar-refractivity contribution < 1.29 is 37.0 Å². The van der Waals surface area contributed by atoms with Gasteiger partial charge < -0.3 is 24.3 Å². The lowest BCUT2D eigenvalue weighted by molar-refractivity contribution is -0.154. The van der Waals surface area contributed by atoms with Gasteiger partial charge in [0.1, 0.15) is 23.3 Å². The van der Waals surface area contributed by atoms with E-state index >= 15 is 0 Å². The van der Waals surface area contributed by atoms with Crippen LogP contribution in [0.25, 0.3) is 0 Å². The number of ether oxygens (including phenoxy) is 4. The van der Waals surface area contributed by atoms with E-state index in [0.717, 1.165) is 0 Å². The fourth-order valence-corrected chi connectivity index (χ4v) is 3.77. The van der Waals surface area contributed by atoms with Gasteiger partial charge in [-0.05, 0) is 50.2 Å². The summed E-state index contributed by atoms with van der Waals surface area (Å²) in [6, 6.07) is 9.25. The Labute approximate surface area is 186 Å². The molecule has 2 rings (SSSR count). The highest BCUT2D eigenvalue weighted by Crippen LogP contribution is 2.29. The predicted molar refractivity (Wildman–Crippen MR) is 117 cm³/mol. The van der Waals surface area contributed by atoms with E-state index in [9.17, 15) is 18.0 Å². The molecule has 0 saturated heterocycles. The van der Waals surface area contributed by atoms with Crippen LogP contribution in [0, 0.1) is 0 Å². The zero-order chi connectivity index (χ0) is 23.9. The molecule has 0 aliphatic rings. The van der Waals surface area contributed by atoms with E-state index in [-0.39, 0.29) is 4.90 Å². The van der Waals surface area contributed by atoms with Crippen LogP contribution in [0.5, 0.6) is 17.2 Å². The maximum absolute atomic E-state index is 12.5. The van der Waals surface area contributed by atoms with E-state index in [0.29, 0.717) is 22.9 Å². The molecule has 1 amide bonds. The highest BCUT2D eigenvalue weighted by atomic mass is 32.2. The Morgan fingerprint density at radius 2 is 1.47 bits per heavy atom. The lowest BCUT2D eigenvalue weighted by atomic mass is 10.2. The molecule has 10 nitrogen and oxygen atoms in total. The predicted octanol–water partition coefficient (Wildman–Crippen LogP) is 1.95. The second-order valence-corrected chi connectivity index (χ2v) is 8.37. The highest BCUT2D eigenvalue weighted by molar-refractivity contribution is 7.89. The smallest absolute Gasteiger partial charge is 0.324 e. The van der Waals surface area contributed by atoms with E-state index < -0.39 is 34.0 Å². The number of esters is 1. The molecule has 0 fully saturated rings. The van der Waals surface area contributed by atoms with Gasteiger partial charge in [-0.2, -0.15) is 4.72 Å². The lowest BCUT2D eigenvalue weighted by Crippen LogP contribution is -2.42. The number of hydrogen-bond donors (Lipinski definition) is 2. The Balaban J connectivity index is 2.00. The van der Waals surface area contributed by atoms with E-state index in [2.05, 4.69) is 10.0 Å². The molecule has 0 heterocycles. The molecule has 2 aromatic carbocycles. The Morgan fingerprint density at radius 1 is 0.875 bits per heavy atom. The standard InChI is InChI=1S/C21H26N2O8S/c1-13(23-32(26,27)17-9-6-15(28-3)7-10-17)21(25)31-14(2)20(24)22-18-12-16(29-4)8-11-19(18)30-5/h6-14,23H,1-5H3,(H,22,24). The Hall–Kier alpha value is -3.31. The van der Waals surface area contributed by atoms with Crippen LogP contribution < -0.4 is 24.2 Å². The number of nitrogens with one attached hydrogen (secondary N) is 2. The number of benzene rings is 2. The van der Waals surface area contributed by atoms with Crippen molar-refractivity contribution in [3.8, 4) is 17.2 Å². The second kappa shape index (κ2) is 10.8. The number of methoxy groups -OCH3 is 3. The number of amides is 1. The average molecular weight is 467 g/mol. The normalized spacial score (nSPS) is 12.9. The third-order valence-electron chi connectivity index (χ3n) is 4.38. The largest absolute Gasteiger partial charge is 0.497 e. The minimum Gasteiger partial charge on any atom is -0.497 e. The van der Waals surface area contributed by atoms with Crippen LogP contribution in [0.2, 0.25) is 0 Å². The van der Waals surface area contributed by atoms with E-state index in [1.165, 1.54) is 59.4 Å². The first-order valence-electron chi connectivity index (χ1n) is 9.51. The molecule has 11 heteroatoms. The fourth-order valence-electron chi connectivity index (χ4n) is 2.58. The molecule has 2 aromatic rings. The van der Waals surface area contributed by atoms with Gasteiger partial charge in [-0.1, -0.05) is 0 Å². The van der Waals surface area contributed by atoms with Gasteiger partial charge in [-0.25, -0.2) is 8.42 Å². The summed E-state index contributed by atoms with van der Waals surface area (Å²) >= 11 is 0. The maximum atomic E-state index is 12.5. The number of anilines is 1. The van der Waals surface area contributed by atoms with Crippen LogP contribution >= 0.6 is 0 Å². The number of carbonyl (C=O) groups excluding carboxylic acids is 2. The Morgan fingerprint density at radius 3 is 2.03 bits per heavy atom. The minimum absolute atomic E-state index is 0.0474. The first kappa shape index (κ1) is 25.0. The first-order valence-corrected chi connectivity index (χ1v) is 11.0. The van der Waals surface area contributed by atoms with Crippen LogP contribution in [-0.4, -0.2) is 53.8 Å². The number of rotatable bonds is 10. The third-order valence-corrected chi connectivity index (χ3v) is 5.94. The molecule has 32 heavy (non-hydrogen) atoms. The first-order chi connectivity index (χ1) is 15.1. The van der Waals surface area contributed by atoms with Gasteiger partial charge in [-0.15, -0.1) is 0 Å². The SMILES string of the molecule is COc1ccc(S(=O)(=O)NC(C)C(=O)OC(C)C(=O)Nc2cc(OC)ccc2OC)cc1. The topological polar surface area (TPSA) is 129 Å². The van der Waals surface area contributed by atoms with Gasteiger partial charge in [0, 0.05) is 6.07 Å². The molecule has 0 spiro atoms. The lowest BCUT2D eigenvalue weighted by Gasteiger charge is -2.18. The van der Waals surface area contributed by atoms with Crippen molar-refractivity contribution in [3.63, 3.8) is 0 Å². The molecular formula is C21H26N2O8S. The van der Waals surface area contributed by atoms with Crippen molar-refractivity contribution in [2.45, 2.75) is 30.9 Å². The molecule has 0 aliphatic heterocycles. The summed E-state index contributed by atoms with van der Waals surface area (Å²) in [6.07, 6.45) is -1.20. The maximum Gasteiger partial charge on any atom is 0.324 e. The third kappa shape index (κ3) is 6.34. The van der Waals surface area contributed by atoms with Crippen molar-refractivity contribution >= 4 is 27.6 Å². The van der Waals surface area contributed by atoms with Gasteiger partial charge in [0.15, 0.2) is 6.10 Å². The molecule has 0 bridgehead atoms. The fraction of sp³-hybridized carbons (Fsp3) is 0.333. The van der Waals surface area contributed by atoms with E-state index in [4.69, 9.17) is 18.9 Å². The van der Waals surface area contributed by atoms with Gasteiger partial charge >= 0.3 is 5.97 Å². The zero-order valence-electron chi connectivity index (χ0n) is 18.4. The molecule has 0 aliphatic carbocycles. The van der Waals surface area contributed by atoms with Crippen molar-refractivity contribution in [3.05, 3.63) is 42.5 Å². The van der Waals surface area contributed by atoms with Crippen LogP contribution in [0.15, 0.2) is 47.4 Å². The van der Waals surface area contributed by atoms with Gasteiger partial charge in [0.25, 0.3) is 5.91 Å². The van der Waals surface area contributed by atoms with Gasteiger partial charge in [-0.3, -0.25) is 9.59 Å². The molecule has 0 saturated carbocycles. The van der Waals surface area contributed by atoms with Crippen molar-refractivity contribution in [2.75, 3.05) is 26.6 Å².